The quantitative estimate of drug-likeness (QED) is 0.0711. The molecule has 0 radical (unpaired) electrons. The van der Waals surface area contributed by atoms with E-state index in [-0.39, 0.29) is 58.7 Å². The lowest BCUT2D eigenvalue weighted by atomic mass is 9.76. The van der Waals surface area contributed by atoms with E-state index >= 15 is 0 Å². The SMILES string of the molecule is CCCCOc1ccc([C@@H]2c3ccc(O)cc3OC[C@@H]2c2ccccc2)cc1.COc1cccc([C@H]2COc3cc(O)ccc3[C@H]2c2ccc(N3CCC(C=O)CC3)cc2)c1.Oc1ccc2c(c1)OC[C@H](c1ccccc1)[C@@H]2c1ccc(N2CCCCC2)cc1. The maximum absolute atomic E-state index is 11.1. The number of phenolic OH excluding ortho intramolecular Hbond substituents is 3. The van der Waals surface area contributed by atoms with Gasteiger partial charge in [0, 0.05) is 114 Å². The Morgan fingerprint density at radius 2 is 0.867 bits per heavy atom. The number of anilines is 2. The van der Waals surface area contributed by atoms with E-state index in [0.717, 1.165) is 116 Å². The number of carbonyl (C=O) groups is 1. The fraction of sp³-hybridized carbons (Fsp3) is 0.304. The van der Waals surface area contributed by atoms with Crippen LogP contribution in [0.1, 0.15) is 137 Å². The third-order valence-corrected chi connectivity index (χ3v) is 18.8. The van der Waals surface area contributed by atoms with Crippen molar-refractivity contribution in [3.05, 3.63) is 262 Å². The summed E-state index contributed by atoms with van der Waals surface area (Å²) in [5.74, 6) is 5.96. The standard InChI is InChI=1S/C28H29NO4.C26H27NO2.C25H26O3/c1-32-24-4-2-3-21(15-24)26-18-33-27-16-23(31)9-10-25(27)28(26)20-5-7-22(8-6-20)29-13-11-19(17-30)12-14-29;28-22-13-14-23-25(17-22)29-18-24(19-7-3-1-4-8-19)26(23)20-9-11-21(12-10-20)27-15-5-2-6-16-27;1-2-3-15-27-21-12-9-19(10-13-21)25-22-14-11-20(26)16-24(22)28-17-23(25)18-7-5-4-6-8-18/h2-10,15-17,19,26,28,31H,11-14,18H2,1H3;1,3-4,7-14,17,24,26,28H,2,5-6,15-16,18H2;4-14,16,23,25-26H,2-3,15,17H2,1H3/t26-,28-;24-,26-;23-,25-/m111/s1. The van der Waals surface area contributed by atoms with E-state index in [4.69, 9.17) is 23.7 Å². The summed E-state index contributed by atoms with van der Waals surface area (Å²) in [6, 6.07) is 72.0. The highest BCUT2D eigenvalue weighted by atomic mass is 16.5. The number of nitrogens with zero attached hydrogens (tertiary/aromatic N) is 2. The van der Waals surface area contributed by atoms with Crippen LogP contribution in [0.3, 0.4) is 0 Å². The Hall–Kier alpha value is -9.35. The van der Waals surface area contributed by atoms with Crippen LogP contribution in [0.2, 0.25) is 0 Å². The summed E-state index contributed by atoms with van der Waals surface area (Å²) in [5, 5.41) is 29.8. The number of hydrogen-bond acceptors (Lipinski definition) is 11. The van der Waals surface area contributed by atoms with Crippen LogP contribution in [-0.2, 0) is 4.79 Å². The van der Waals surface area contributed by atoms with Gasteiger partial charge in [0.05, 0.1) is 33.5 Å². The number of rotatable bonds is 14. The summed E-state index contributed by atoms with van der Waals surface area (Å²) < 4.78 is 29.5. The topological polar surface area (TPSA) is 130 Å². The molecule has 0 saturated carbocycles. The van der Waals surface area contributed by atoms with E-state index in [1.165, 1.54) is 58.5 Å². The molecule has 3 N–H and O–H groups in total. The molecular formula is C79H82N2O9. The Morgan fingerprint density at radius 1 is 0.444 bits per heavy atom. The Balaban J connectivity index is 0.000000131. The number of ether oxygens (including phenoxy) is 5. The molecule has 0 aliphatic carbocycles. The summed E-state index contributed by atoms with van der Waals surface area (Å²) in [5.41, 5.74) is 13.3. The summed E-state index contributed by atoms with van der Waals surface area (Å²) in [6.07, 6.45) is 9.04. The number of aromatic hydroxyl groups is 3. The number of unbranched alkanes of at least 4 members (excludes halogenated alkanes) is 1. The van der Waals surface area contributed by atoms with Crippen molar-refractivity contribution in [3.63, 3.8) is 0 Å². The average Bonchev–Trinajstić information content (AvgIpc) is 0.828. The molecule has 0 bridgehead atoms. The van der Waals surface area contributed by atoms with Crippen LogP contribution < -0.4 is 33.5 Å². The van der Waals surface area contributed by atoms with E-state index in [1.807, 2.05) is 36.4 Å². The summed E-state index contributed by atoms with van der Waals surface area (Å²) >= 11 is 0. The van der Waals surface area contributed by atoms with Crippen molar-refractivity contribution in [2.24, 2.45) is 5.92 Å². The molecule has 5 heterocycles. The highest BCUT2D eigenvalue weighted by Crippen LogP contribution is 2.51. The first kappa shape index (κ1) is 60.9. The van der Waals surface area contributed by atoms with Gasteiger partial charge in [0.2, 0.25) is 0 Å². The lowest BCUT2D eigenvalue weighted by Gasteiger charge is -2.35. The zero-order valence-electron chi connectivity index (χ0n) is 51.6. The van der Waals surface area contributed by atoms with Gasteiger partial charge in [0.25, 0.3) is 0 Å². The molecule has 0 spiro atoms. The van der Waals surface area contributed by atoms with Gasteiger partial charge in [-0.2, -0.15) is 0 Å². The molecule has 14 rings (SSSR count). The highest BCUT2D eigenvalue weighted by Gasteiger charge is 2.37. The highest BCUT2D eigenvalue weighted by molar-refractivity contribution is 5.59. The van der Waals surface area contributed by atoms with Crippen molar-refractivity contribution < 1.29 is 43.8 Å². The minimum absolute atomic E-state index is 0.0938. The number of hydrogen-bond donors (Lipinski definition) is 3. The van der Waals surface area contributed by atoms with Gasteiger partial charge in [-0.05, 0) is 139 Å². The lowest BCUT2D eigenvalue weighted by Crippen LogP contribution is -2.34. The van der Waals surface area contributed by atoms with Crippen LogP contribution in [0, 0.1) is 5.92 Å². The second kappa shape index (κ2) is 28.9. The van der Waals surface area contributed by atoms with Crippen LogP contribution in [0.5, 0.6) is 46.0 Å². The maximum atomic E-state index is 11.1. The predicted octanol–water partition coefficient (Wildman–Crippen LogP) is 16.7. The number of aldehydes is 1. The van der Waals surface area contributed by atoms with Crippen molar-refractivity contribution in [1.82, 2.24) is 0 Å². The molecule has 5 aliphatic rings. The Kier molecular flexibility index (Phi) is 19.5. The Labute approximate surface area is 530 Å². The monoisotopic (exact) mass is 1200 g/mol. The number of carbonyl (C=O) groups excluding carboxylic acids is 1. The average molecular weight is 1200 g/mol. The van der Waals surface area contributed by atoms with Crippen molar-refractivity contribution in [2.45, 2.75) is 87.4 Å². The zero-order chi connectivity index (χ0) is 61.8. The van der Waals surface area contributed by atoms with Crippen LogP contribution in [0.4, 0.5) is 11.4 Å². The lowest BCUT2D eigenvalue weighted by molar-refractivity contribution is -0.111. The van der Waals surface area contributed by atoms with Crippen molar-refractivity contribution in [3.8, 4) is 46.0 Å². The zero-order valence-corrected chi connectivity index (χ0v) is 51.6. The van der Waals surface area contributed by atoms with Crippen LogP contribution in [-0.4, -0.2) is 81.3 Å². The number of phenols is 3. The van der Waals surface area contributed by atoms with Crippen LogP contribution >= 0.6 is 0 Å². The second-order valence-electron chi connectivity index (χ2n) is 24.4. The number of methoxy groups -OCH3 is 1. The van der Waals surface area contributed by atoms with Gasteiger partial charge >= 0.3 is 0 Å². The van der Waals surface area contributed by atoms with E-state index < -0.39 is 0 Å². The molecule has 0 amide bonds. The number of piperidine rings is 2. The first-order valence-corrected chi connectivity index (χ1v) is 32.2. The second-order valence-corrected chi connectivity index (χ2v) is 24.4. The molecule has 11 nitrogen and oxygen atoms in total. The molecule has 2 fully saturated rings. The summed E-state index contributed by atoms with van der Waals surface area (Å²) in [7, 11) is 1.68. The smallest absolute Gasteiger partial charge is 0.126 e. The van der Waals surface area contributed by atoms with Crippen LogP contribution in [0.15, 0.2) is 212 Å². The minimum atomic E-state index is 0.0938. The maximum Gasteiger partial charge on any atom is 0.126 e. The molecule has 9 aromatic rings. The molecule has 9 aromatic carbocycles. The molecule has 2 saturated heterocycles. The predicted molar refractivity (Wildman–Crippen MR) is 357 cm³/mol. The van der Waals surface area contributed by atoms with E-state index in [9.17, 15) is 20.1 Å². The molecule has 0 unspecified atom stereocenters. The molecular weight excluding hydrogens is 1120 g/mol. The number of fused-ring (bicyclic) bond motifs is 3. The summed E-state index contributed by atoms with van der Waals surface area (Å²) in [6.45, 7) is 8.77. The normalized spacial score (nSPS) is 20.1. The van der Waals surface area contributed by atoms with Crippen LogP contribution in [0.25, 0.3) is 0 Å². The van der Waals surface area contributed by atoms with Crippen molar-refractivity contribution >= 4 is 17.7 Å². The molecule has 5 aliphatic heterocycles. The van der Waals surface area contributed by atoms with Gasteiger partial charge in [-0.1, -0.05) is 141 Å². The van der Waals surface area contributed by atoms with Gasteiger partial charge in [-0.3, -0.25) is 0 Å². The first-order valence-electron chi connectivity index (χ1n) is 32.2. The van der Waals surface area contributed by atoms with Gasteiger partial charge < -0.3 is 53.6 Å². The molecule has 462 valence electrons. The molecule has 11 heteroatoms. The third kappa shape index (κ3) is 14.1. The Bertz CT molecular complexity index is 3770. The minimum Gasteiger partial charge on any atom is -0.508 e. The Morgan fingerprint density at radius 3 is 1.30 bits per heavy atom. The number of benzene rings is 9. The molecule has 90 heavy (non-hydrogen) atoms. The molecule has 0 aromatic heterocycles. The third-order valence-electron chi connectivity index (χ3n) is 18.8. The van der Waals surface area contributed by atoms with Gasteiger partial charge in [-0.15, -0.1) is 0 Å². The molecule has 6 atom stereocenters. The van der Waals surface area contributed by atoms with Crippen molar-refractivity contribution in [1.29, 1.82) is 0 Å². The van der Waals surface area contributed by atoms with Crippen molar-refractivity contribution in [2.75, 3.05) is 69.5 Å². The van der Waals surface area contributed by atoms with Gasteiger partial charge in [0.15, 0.2) is 0 Å². The van der Waals surface area contributed by atoms with Gasteiger partial charge in [-0.25, -0.2) is 0 Å². The van der Waals surface area contributed by atoms with E-state index in [1.54, 1.807) is 43.5 Å². The fourth-order valence-electron chi connectivity index (χ4n) is 13.9. The van der Waals surface area contributed by atoms with E-state index in [0.29, 0.717) is 19.8 Å². The first-order chi connectivity index (χ1) is 44.2. The van der Waals surface area contributed by atoms with Gasteiger partial charge in [0.1, 0.15) is 52.3 Å². The summed E-state index contributed by atoms with van der Waals surface area (Å²) in [4.78, 5) is 15.9. The van der Waals surface area contributed by atoms with E-state index in [2.05, 4.69) is 156 Å². The largest absolute Gasteiger partial charge is 0.508 e. The fourth-order valence-corrected chi connectivity index (χ4v) is 13.9.